The molecule has 2 fully saturated rings. The van der Waals surface area contributed by atoms with Gasteiger partial charge in [0.05, 0.1) is 12.2 Å². The summed E-state index contributed by atoms with van der Waals surface area (Å²) in [6, 6.07) is 0. The molecule has 2 saturated heterocycles. The van der Waals surface area contributed by atoms with Gasteiger partial charge in [0, 0.05) is 20.5 Å². The second-order valence-electron chi connectivity index (χ2n) is 2.08. The molecule has 1 N–H and O–H groups in total. The summed E-state index contributed by atoms with van der Waals surface area (Å²) >= 11 is 0. The molecule has 2 nitrogen and oxygen atoms in total. The fraction of sp³-hybridized carbons (Fsp3) is 1.00. The third kappa shape index (κ3) is 0.584. The molecule has 2 aliphatic rings. The minimum absolute atomic E-state index is 0.469. The largest absolute Gasteiger partial charge is 0.374 e. The average molecular weight is 118 g/mol. The van der Waals surface area contributed by atoms with Gasteiger partial charge in [0.15, 0.2) is 0 Å². The maximum absolute atomic E-state index is 8.91. The number of fused-ring (bicyclic) bond motifs is 1. The van der Waals surface area contributed by atoms with Crippen LogP contribution in [-0.4, -0.2) is 29.4 Å². The van der Waals surface area contributed by atoms with E-state index < -0.39 is 8.15 Å². The van der Waals surface area contributed by atoms with E-state index in [1.807, 2.05) is 0 Å². The molecule has 0 radical (unpaired) electrons. The Morgan fingerprint density at radius 3 is 2.29 bits per heavy atom. The Bertz CT molecular complexity index is 85.7. The van der Waals surface area contributed by atoms with Crippen molar-refractivity contribution in [1.82, 2.24) is 0 Å². The van der Waals surface area contributed by atoms with Crippen LogP contribution in [0, 0.1) is 0 Å². The van der Waals surface area contributed by atoms with Crippen molar-refractivity contribution in [1.29, 1.82) is 0 Å². The van der Waals surface area contributed by atoms with E-state index in [2.05, 4.69) is 0 Å². The topological polar surface area (TPSA) is 32.8 Å². The number of ether oxygens (including phenoxy) is 1. The second-order valence-corrected chi connectivity index (χ2v) is 3.83. The van der Waals surface area contributed by atoms with Crippen LogP contribution >= 0.6 is 8.15 Å². The van der Waals surface area contributed by atoms with E-state index in [4.69, 9.17) is 9.63 Å². The van der Waals surface area contributed by atoms with Crippen LogP contribution in [0.15, 0.2) is 0 Å². The highest BCUT2D eigenvalue weighted by atomic mass is 31.1. The lowest BCUT2D eigenvalue weighted by molar-refractivity contribution is 0.379. The van der Waals surface area contributed by atoms with Crippen LogP contribution in [0.3, 0.4) is 0 Å². The van der Waals surface area contributed by atoms with Gasteiger partial charge in [-0.3, -0.25) is 0 Å². The van der Waals surface area contributed by atoms with Gasteiger partial charge in [-0.25, -0.2) is 0 Å². The SMILES string of the molecule is OP1CC2OC2C1. The summed E-state index contributed by atoms with van der Waals surface area (Å²) in [5.74, 6) is 0. The minimum Gasteiger partial charge on any atom is -0.374 e. The zero-order chi connectivity index (χ0) is 4.85. The molecule has 0 amide bonds. The van der Waals surface area contributed by atoms with Crippen molar-refractivity contribution < 1.29 is 9.63 Å². The van der Waals surface area contributed by atoms with Crippen LogP contribution in [0.25, 0.3) is 0 Å². The summed E-state index contributed by atoms with van der Waals surface area (Å²) < 4.78 is 5.08. The third-order valence-electron chi connectivity index (χ3n) is 1.47. The van der Waals surface area contributed by atoms with Gasteiger partial charge < -0.3 is 9.63 Å². The van der Waals surface area contributed by atoms with Crippen molar-refractivity contribution in [3.8, 4) is 0 Å². The molecule has 2 unspecified atom stereocenters. The molecule has 7 heavy (non-hydrogen) atoms. The van der Waals surface area contributed by atoms with Crippen LogP contribution in [-0.2, 0) is 4.74 Å². The number of hydrogen-bond acceptors (Lipinski definition) is 2. The van der Waals surface area contributed by atoms with Gasteiger partial charge >= 0.3 is 0 Å². The predicted octanol–water partition coefficient (Wildman–Crippen LogP) is 0.157. The monoisotopic (exact) mass is 118 g/mol. The predicted molar refractivity (Wildman–Crippen MR) is 27.5 cm³/mol. The first-order valence-electron chi connectivity index (χ1n) is 2.45. The van der Waals surface area contributed by atoms with Gasteiger partial charge in [0.1, 0.15) is 0 Å². The molecule has 0 saturated carbocycles. The number of epoxide rings is 1. The average Bonchev–Trinajstić information content (AvgIpc) is 2.15. The standard InChI is InChI=1S/C4H7O2P/c5-7-1-3-4(2-7)6-3/h3-5H,1-2H2. The first kappa shape index (κ1) is 4.25. The summed E-state index contributed by atoms with van der Waals surface area (Å²) in [7, 11) is -0.580. The van der Waals surface area contributed by atoms with Crippen LogP contribution in [0.2, 0.25) is 0 Å². The van der Waals surface area contributed by atoms with Gasteiger partial charge in [0.25, 0.3) is 0 Å². The van der Waals surface area contributed by atoms with Crippen molar-refractivity contribution >= 4 is 8.15 Å². The Morgan fingerprint density at radius 2 is 2.00 bits per heavy atom. The van der Waals surface area contributed by atoms with Gasteiger partial charge in [-0.1, -0.05) is 0 Å². The van der Waals surface area contributed by atoms with Gasteiger partial charge in [0.2, 0.25) is 0 Å². The lowest BCUT2D eigenvalue weighted by Gasteiger charge is -1.97. The van der Waals surface area contributed by atoms with Gasteiger partial charge in [-0.15, -0.1) is 0 Å². The fourth-order valence-corrected chi connectivity index (χ4v) is 2.61. The molecule has 2 rings (SSSR count). The number of rotatable bonds is 0. The Labute approximate surface area is 43.3 Å². The molecule has 0 aliphatic carbocycles. The van der Waals surface area contributed by atoms with E-state index >= 15 is 0 Å². The number of hydrogen-bond donors (Lipinski definition) is 1. The molecule has 2 atom stereocenters. The molecule has 0 spiro atoms. The molecule has 40 valence electrons. The van der Waals surface area contributed by atoms with Crippen LogP contribution in [0.5, 0.6) is 0 Å². The molecule has 2 aliphatic heterocycles. The van der Waals surface area contributed by atoms with Crippen molar-refractivity contribution in [3.05, 3.63) is 0 Å². The minimum atomic E-state index is -0.580. The smallest absolute Gasteiger partial charge is 0.0906 e. The summed E-state index contributed by atoms with van der Waals surface area (Å²) in [5.41, 5.74) is 0. The molecule has 0 aromatic carbocycles. The van der Waals surface area contributed by atoms with Crippen molar-refractivity contribution in [2.75, 3.05) is 12.3 Å². The van der Waals surface area contributed by atoms with E-state index in [0.717, 1.165) is 12.3 Å². The second kappa shape index (κ2) is 1.19. The first-order chi connectivity index (χ1) is 3.36. The fourth-order valence-electron chi connectivity index (χ4n) is 0.990. The zero-order valence-corrected chi connectivity index (χ0v) is 4.77. The first-order valence-corrected chi connectivity index (χ1v) is 4.12. The van der Waals surface area contributed by atoms with E-state index in [1.54, 1.807) is 0 Å². The van der Waals surface area contributed by atoms with Crippen LogP contribution in [0.4, 0.5) is 0 Å². The summed E-state index contributed by atoms with van der Waals surface area (Å²) in [5, 5.41) is 0. The molecule has 0 aromatic rings. The molecule has 0 aromatic heterocycles. The van der Waals surface area contributed by atoms with Gasteiger partial charge in [-0.2, -0.15) is 0 Å². The molecule has 3 heteroatoms. The van der Waals surface area contributed by atoms with Crippen LogP contribution < -0.4 is 0 Å². The highest BCUT2D eigenvalue weighted by molar-refractivity contribution is 7.52. The lowest BCUT2D eigenvalue weighted by atomic mass is 10.4. The van der Waals surface area contributed by atoms with Crippen molar-refractivity contribution in [2.45, 2.75) is 12.2 Å². The molecular formula is C4H7O2P. The van der Waals surface area contributed by atoms with Gasteiger partial charge in [-0.05, 0) is 0 Å². The van der Waals surface area contributed by atoms with Crippen molar-refractivity contribution in [3.63, 3.8) is 0 Å². The van der Waals surface area contributed by atoms with E-state index in [-0.39, 0.29) is 0 Å². The highest BCUT2D eigenvalue weighted by Crippen LogP contribution is 2.49. The van der Waals surface area contributed by atoms with E-state index in [0.29, 0.717) is 12.2 Å². The summed E-state index contributed by atoms with van der Waals surface area (Å²) in [4.78, 5) is 8.91. The maximum Gasteiger partial charge on any atom is 0.0906 e. The van der Waals surface area contributed by atoms with Crippen molar-refractivity contribution in [2.24, 2.45) is 0 Å². The Morgan fingerprint density at radius 1 is 1.43 bits per heavy atom. The Balaban J connectivity index is 2.02. The molecule has 2 heterocycles. The van der Waals surface area contributed by atoms with E-state index in [9.17, 15) is 0 Å². The lowest BCUT2D eigenvalue weighted by Crippen LogP contribution is -1.84. The quantitative estimate of drug-likeness (QED) is 0.363. The van der Waals surface area contributed by atoms with Crippen LogP contribution in [0.1, 0.15) is 0 Å². The maximum atomic E-state index is 8.91. The Hall–Kier alpha value is 0.350. The molecule has 0 bridgehead atoms. The molecular weight excluding hydrogens is 111 g/mol. The summed E-state index contributed by atoms with van der Waals surface area (Å²) in [6.07, 6.45) is 2.83. The highest BCUT2D eigenvalue weighted by Gasteiger charge is 2.47. The summed E-state index contributed by atoms with van der Waals surface area (Å²) in [6.45, 7) is 0. The third-order valence-corrected chi connectivity index (χ3v) is 3.03. The Kier molecular flexibility index (Phi) is 0.724. The zero-order valence-electron chi connectivity index (χ0n) is 3.87. The normalized spacial score (nSPS) is 57.0. The van der Waals surface area contributed by atoms with E-state index in [1.165, 1.54) is 0 Å².